The number of amides is 1. The van der Waals surface area contributed by atoms with E-state index in [-0.39, 0.29) is 6.09 Å². The predicted octanol–water partition coefficient (Wildman–Crippen LogP) is 5.63. The summed E-state index contributed by atoms with van der Waals surface area (Å²) in [5.74, 6) is 1.05. The first-order chi connectivity index (χ1) is 16.4. The predicted molar refractivity (Wildman–Crippen MR) is 140 cm³/mol. The van der Waals surface area contributed by atoms with E-state index in [0.717, 1.165) is 51.1 Å². The van der Waals surface area contributed by atoms with E-state index in [1.54, 1.807) is 4.90 Å². The molecule has 2 aromatic rings. The van der Waals surface area contributed by atoms with Gasteiger partial charge in [-0.3, -0.25) is 4.90 Å². The minimum Gasteiger partial charge on any atom is -0.445 e. The van der Waals surface area contributed by atoms with Crippen LogP contribution in [0.25, 0.3) is 0 Å². The average molecular weight is 462 g/mol. The highest BCUT2D eigenvalue weighted by Crippen LogP contribution is 2.44. The molecule has 0 radical (unpaired) electrons. The van der Waals surface area contributed by atoms with E-state index in [4.69, 9.17) is 4.74 Å². The molecule has 5 nitrogen and oxygen atoms in total. The van der Waals surface area contributed by atoms with Crippen LogP contribution in [0.2, 0.25) is 0 Å². The molecule has 1 aliphatic carbocycles. The second-order valence-electron chi connectivity index (χ2n) is 10.1. The third-order valence-corrected chi connectivity index (χ3v) is 7.24. The van der Waals surface area contributed by atoms with E-state index in [1.807, 2.05) is 37.4 Å². The van der Waals surface area contributed by atoms with Crippen LogP contribution < -0.4 is 4.90 Å². The number of anilines is 1. The zero-order chi connectivity index (χ0) is 24.1. The van der Waals surface area contributed by atoms with Crippen LogP contribution in [0.3, 0.4) is 0 Å². The highest BCUT2D eigenvalue weighted by molar-refractivity contribution is 5.67. The molecule has 182 valence electrons. The number of nitrogens with zero attached hydrogens (tertiary/aromatic N) is 3. The smallest absolute Gasteiger partial charge is 0.409 e. The first kappa shape index (κ1) is 24.3. The van der Waals surface area contributed by atoms with E-state index >= 15 is 0 Å². The van der Waals surface area contributed by atoms with Gasteiger partial charge >= 0.3 is 6.09 Å². The van der Waals surface area contributed by atoms with Gasteiger partial charge in [0, 0.05) is 52.0 Å². The Morgan fingerprint density at radius 1 is 1.09 bits per heavy atom. The largest absolute Gasteiger partial charge is 0.445 e. The fourth-order valence-electron chi connectivity index (χ4n) is 5.33. The number of carbonyl (C=O) groups excluding carboxylic acids is 1. The molecule has 2 aliphatic rings. The van der Waals surface area contributed by atoms with Crippen molar-refractivity contribution in [3.63, 3.8) is 0 Å². The lowest BCUT2D eigenvalue weighted by molar-refractivity contribution is 0.104. The van der Waals surface area contributed by atoms with Gasteiger partial charge in [0.2, 0.25) is 0 Å². The van der Waals surface area contributed by atoms with Crippen molar-refractivity contribution in [3.8, 4) is 0 Å². The minimum atomic E-state index is -0.253. The Labute approximate surface area is 205 Å². The Balaban J connectivity index is 1.30. The highest BCUT2D eigenvalue weighted by atomic mass is 16.6. The number of hydrogen-bond acceptors (Lipinski definition) is 4. The van der Waals surface area contributed by atoms with Crippen molar-refractivity contribution >= 4 is 11.8 Å². The summed E-state index contributed by atoms with van der Waals surface area (Å²) < 4.78 is 5.48. The summed E-state index contributed by atoms with van der Waals surface area (Å²) in [5.41, 5.74) is 6.55. The Bertz CT molecular complexity index is 982. The highest BCUT2D eigenvalue weighted by Gasteiger charge is 2.29. The van der Waals surface area contributed by atoms with Gasteiger partial charge in [0.25, 0.3) is 0 Å². The van der Waals surface area contributed by atoms with Crippen molar-refractivity contribution in [1.29, 1.82) is 0 Å². The van der Waals surface area contributed by atoms with Gasteiger partial charge < -0.3 is 14.5 Å². The lowest BCUT2D eigenvalue weighted by Gasteiger charge is -2.36. The second kappa shape index (κ2) is 11.1. The molecule has 0 spiro atoms. The maximum Gasteiger partial charge on any atom is 0.409 e. The summed E-state index contributed by atoms with van der Waals surface area (Å²) in [6.45, 7) is 14.8. The number of fused-ring (bicyclic) bond motifs is 1. The molecule has 0 N–H and O–H groups in total. The molecule has 0 unspecified atom stereocenters. The van der Waals surface area contributed by atoms with Crippen molar-refractivity contribution in [2.45, 2.75) is 45.1 Å². The minimum absolute atomic E-state index is 0.253. The lowest BCUT2D eigenvalue weighted by atomic mass is 9.97. The van der Waals surface area contributed by atoms with Crippen LogP contribution in [0, 0.1) is 0 Å². The first-order valence-electron chi connectivity index (χ1n) is 12.6. The van der Waals surface area contributed by atoms with Gasteiger partial charge in [0.1, 0.15) is 6.61 Å². The molecular formula is C29H39N3O2. The SMILES string of the molecule is C=C(C)CN1CCN(c2ccc3c(c2)[C@H](C)C[C@H]3CCN(C)C(=O)OCc2ccccc2)CC1. The third kappa shape index (κ3) is 6.01. The van der Waals surface area contributed by atoms with E-state index in [9.17, 15) is 4.79 Å². The zero-order valence-electron chi connectivity index (χ0n) is 21.0. The third-order valence-electron chi connectivity index (χ3n) is 7.24. The van der Waals surface area contributed by atoms with Gasteiger partial charge in [-0.05, 0) is 60.4 Å². The molecule has 34 heavy (non-hydrogen) atoms. The molecule has 4 rings (SSSR count). The van der Waals surface area contributed by atoms with E-state index in [0.29, 0.717) is 25.0 Å². The van der Waals surface area contributed by atoms with Gasteiger partial charge in [-0.2, -0.15) is 0 Å². The molecule has 1 aliphatic heterocycles. The van der Waals surface area contributed by atoms with E-state index in [1.165, 1.54) is 22.4 Å². The second-order valence-corrected chi connectivity index (χ2v) is 10.1. The summed E-state index contributed by atoms with van der Waals surface area (Å²) in [6.07, 6.45) is 1.86. The number of carbonyl (C=O) groups is 1. The Kier molecular flexibility index (Phi) is 7.94. The molecule has 1 amide bonds. The van der Waals surface area contributed by atoms with Crippen LogP contribution >= 0.6 is 0 Å². The fraction of sp³-hybridized carbons (Fsp3) is 0.483. The zero-order valence-corrected chi connectivity index (χ0v) is 21.0. The number of piperazine rings is 1. The summed E-state index contributed by atoms with van der Waals surface area (Å²) in [6, 6.07) is 16.9. The Morgan fingerprint density at radius 2 is 1.82 bits per heavy atom. The molecule has 0 aromatic heterocycles. The van der Waals surface area contributed by atoms with Crippen molar-refractivity contribution in [2.24, 2.45) is 0 Å². The van der Waals surface area contributed by atoms with Gasteiger partial charge in [0.15, 0.2) is 0 Å². The van der Waals surface area contributed by atoms with Crippen LogP contribution in [0.1, 0.15) is 55.2 Å². The number of ether oxygens (including phenoxy) is 1. The number of rotatable bonds is 8. The molecular weight excluding hydrogens is 422 g/mol. The average Bonchev–Trinajstić information content (AvgIpc) is 3.16. The molecule has 2 aromatic carbocycles. The van der Waals surface area contributed by atoms with Gasteiger partial charge in [0.05, 0.1) is 0 Å². The van der Waals surface area contributed by atoms with Crippen LogP contribution in [0.15, 0.2) is 60.7 Å². The molecule has 1 saturated heterocycles. The van der Waals surface area contributed by atoms with Crippen molar-refractivity contribution in [3.05, 3.63) is 77.4 Å². The van der Waals surface area contributed by atoms with Gasteiger partial charge in [-0.25, -0.2) is 4.79 Å². The van der Waals surface area contributed by atoms with Crippen LogP contribution in [0.5, 0.6) is 0 Å². The molecule has 5 heteroatoms. The molecule has 0 saturated carbocycles. The first-order valence-corrected chi connectivity index (χ1v) is 12.6. The topological polar surface area (TPSA) is 36.0 Å². The number of benzene rings is 2. The van der Waals surface area contributed by atoms with Crippen LogP contribution in [-0.4, -0.2) is 62.2 Å². The van der Waals surface area contributed by atoms with E-state index < -0.39 is 0 Å². The summed E-state index contributed by atoms with van der Waals surface area (Å²) in [4.78, 5) is 19.1. The van der Waals surface area contributed by atoms with Crippen molar-refractivity contribution in [1.82, 2.24) is 9.80 Å². The van der Waals surface area contributed by atoms with Crippen LogP contribution in [-0.2, 0) is 11.3 Å². The quantitative estimate of drug-likeness (QED) is 0.477. The fourth-order valence-corrected chi connectivity index (χ4v) is 5.33. The molecule has 2 atom stereocenters. The molecule has 1 heterocycles. The normalized spacial score (nSPS) is 20.1. The van der Waals surface area contributed by atoms with Gasteiger partial charge in [-0.1, -0.05) is 55.5 Å². The molecule has 0 bridgehead atoms. The number of hydrogen-bond donors (Lipinski definition) is 0. The van der Waals surface area contributed by atoms with E-state index in [2.05, 4.69) is 48.4 Å². The summed E-state index contributed by atoms with van der Waals surface area (Å²) in [7, 11) is 1.84. The maximum absolute atomic E-state index is 12.4. The standard InChI is InChI=1S/C29H39N3O2/c1-22(2)20-31-14-16-32(17-15-31)26-10-11-27-25(18-23(3)28(27)19-26)12-13-30(4)29(33)34-21-24-8-6-5-7-9-24/h5-11,19,23,25H,1,12-18,20-21H2,2-4H3/t23-,25-/m1/s1. The molecule has 1 fully saturated rings. The monoisotopic (exact) mass is 461 g/mol. The maximum atomic E-state index is 12.4. The Morgan fingerprint density at radius 3 is 2.53 bits per heavy atom. The summed E-state index contributed by atoms with van der Waals surface area (Å²) in [5, 5.41) is 0. The van der Waals surface area contributed by atoms with Crippen molar-refractivity contribution < 1.29 is 9.53 Å². The summed E-state index contributed by atoms with van der Waals surface area (Å²) >= 11 is 0. The van der Waals surface area contributed by atoms with Crippen LogP contribution in [0.4, 0.5) is 10.5 Å². The lowest BCUT2D eigenvalue weighted by Crippen LogP contribution is -2.46. The Hall–Kier alpha value is -2.79. The van der Waals surface area contributed by atoms with Gasteiger partial charge in [-0.15, -0.1) is 0 Å². The van der Waals surface area contributed by atoms with Crippen molar-refractivity contribution in [2.75, 3.05) is 51.2 Å².